The molecular weight excluding hydrogens is 264 g/mol. The molecule has 0 radical (unpaired) electrons. The normalized spacial score (nSPS) is 10.9. The van der Waals surface area contributed by atoms with Crippen molar-refractivity contribution in [2.45, 2.75) is 6.54 Å². The van der Waals surface area contributed by atoms with Crippen LogP contribution in [0, 0.1) is 0 Å². The Morgan fingerprint density at radius 2 is 1.95 bits per heavy atom. The fraction of sp³-hybridized carbons (Fsp3) is 0.188. The topological polar surface area (TPSA) is 78.2 Å². The first-order chi connectivity index (χ1) is 10.3. The minimum Gasteiger partial charge on any atom is -0.399 e. The maximum Gasteiger partial charge on any atom is 0.204 e. The number of hydrogen-bond acceptors (Lipinski definition) is 4. The summed E-state index contributed by atoms with van der Waals surface area (Å²) >= 11 is 0. The largest absolute Gasteiger partial charge is 0.399 e. The lowest BCUT2D eigenvalue weighted by molar-refractivity contribution is 0.301. The lowest BCUT2D eigenvalue weighted by Gasteiger charge is -2.20. The number of fused-ring (bicyclic) bond motifs is 1. The fourth-order valence-corrected chi connectivity index (χ4v) is 2.35. The van der Waals surface area contributed by atoms with Gasteiger partial charge in [-0.1, -0.05) is 30.3 Å². The van der Waals surface area contributed by atoms with Crippen molar-refractivity contribution in [3.05, 3.63) is 54.1 Å². The molecule has 0 saturated heterocycles. The van der Waals surface area contributed by atoms with Crippen molar-refractivity contribution in [2.75, 3.05) is 23.8 Å². The summed E-state index contributed by atoms with van der Waals surface area (Å²) in [5, 5.41) is 9.29. The number of rotatable bonds is 5. The Morgan fingerprint density at radius 3 is 2.71 bits per heavy atom. The molecule has 21 heavy (non-hydrogen) atoms. The van der Waals surface area contributed by atoms with Gasteiger partial charge in [-0.25, -0.2) is 4.98 Å². The number of hydrogen-bond donors (Lipinski definition) is 3. The molecule has 0 unspecified atom stereocenters. The molecule has 3 aromatic rings. The van der Waals surface area contributed by atoms with E-state index >= 15 is 0 Å². The van der Waals surface area contributed by atoms with Gasteiger partial charge in [0.2, 0.25) is 5.95 Å². The summed E-state index contributed by atoms with van der Waals surface area (Å²) in [6.07, 6.45) is 0. The number of nitrogens with one attached hydrogen (secondary N) is 1. The molecule has 0 saturated carbocycles. The van der Waals surface area contributed by atoms with E-state index in [-0.39, 0.29) is 6.61 Å². The average Bonchev–Trinajstić information content (AvgIpc) is 2.91. The summed E-state index contributed by atoms with van der Waals surface area (Å²) in [6, 6.07) is 15.7. The quantitative estimate of drug-likeness (QED) is 0.627. The first kappa shape index (κ1) is 13.5. The van der Waals surface area contributed by atoms with Gasteiger partial charge in [-0.15, -0.1) is 0 Å². The van der Waals surface area contributed by atoms with Gasteiger partial charge in [0, 0.05) is 18.8 Å². The van der Waals surface area contributed by atoms with E-state index in [0.717, 1.165) is 17.0 Å². The van der Waals surface area contributed by atoms with Crippen LogP contribution in [0.25, 0.3) is 11.0 Å². The van der Waals surface area contributed by atoms with Crippen LogP contribution in [0.3, 0.4) is 0 Å². The Morgan fingerprint density at radius 1 is 1.14 bits per heavy atom. The number of anilines is 2. The highest BCUT2D eigenvalue weighted by molar-refractivity contribution is 5.80. The highest BCUT2D eigenvalue weighted by Gasteiger charge is 2.11. The van der Waals surface area contributed by atoms with Gasteiger partial charge in [-0.05, 0) is 23.8 Å². The minimum absolute atomic E-state index is 0.0754. The number of benzene rings is 2. The van der Waals surface area contributed by atoms with E-state index in [9.17, 15) is 5.11 Å². The third-order valence-electron chi connectivity index (χ3n) is 3.38. The second-order valence-electron chi connectivity index (χ2n) is 4.97. The number of aromatic nitrogens is 2. The number of aliphatic hydroxyl groups is 1. The summed E-state index contributed by atoms with van der Waals surface area (Å²) in [5.74, 6) is 0.744. The SMILES string of the molecule is Nc1ccc2nc(N(CCO)Cc3ccccc3)[nH]c2c1. The van der Waals surface area contributed by atoms with Gasteiger partial charge in [0.1, 0.15) is 0 Å². The van der Waals surface area contributed by atoms with Crippen LogP contribution in [0.5, 0.6) is 0 Å². The molecule has 0 spiro atoms. The van der Waals surface area contributed by atoms with Gasteiger partial charge < -0.3 is 20.7 Å². The van der Waals surface area contributed by atoms with E-state index in [1.54, 1.807) is 0 Å². The number of nitrogens with two attached hydrogens (primary N) is 1. The smallest absolute Gasteiger partial charge is 0.204 e. The predicted molar refractivity (Wildman–Crippen MR) is 85.1 cm³/mol. The van der Waals surface area contributed by atoms with Crippen LogP contribution >= 0.6 is 0 Å². The van der Waals surface area contributed by atoms with Crippen molar-refractivity contribution < 1.29 is 5.11 Å². The summed E-state index contributed by atoms with van der Waals surface area (Å²) in [5.41, 5.74) is 9.44. The van der Waals surface area contributed by atoms with Crippen molar-refractivity contribution >= 4 is 22.7 Å². The Bertz CT molecular complexity index is 723. The molecule has 0 atom stereocenters. The van der Waals surface area contributed by atoms with E-state index in [1.165, 1.54) is 5.56 Å². The molecule has 4 N–H and O–H groups in total. The first-order valence-electron chi connectivity index (χ1n) is 6.91. The third-order valence-corrected chi connectivity index (χ3v) is 3.38. The number of aromatic amines is 1. The van der Waals surface area contributed by atoms with Crippen LogP contribution in [-0.4, -0.2) is 28.2 Å². The zero-order valence-electron chi connectivity index (χ0n) is 11.7. The van der Waals surface area contributed by atoms with Crippen molar-refractivity contribution in [3.63, 3.8) is 0 Å². The summed E-state index contributed by atoms with van der Waals surface area (Å²) < 4.78 is 0. The zero-order valence-corrected chi connectivity index (χ0v) is 11.7. The number of nitrogen functional groups attached to an aromatic ring is 1. The number of imidazole rings is 1. The fourth-order valence-electron chi connectivity index (χ4n) is 2.35. The van der Waals surface area contributed by atoms with Crippen LogP contribution < -0.4 is 10.6 Å². The van der Waals surface area contributed by atoms with Crippen LogP contribution in [0.1, 0.15) is 5.56 Å². The Hall–Kier alpha value is -2.53. The van der Waals surface area contributed by atoms with Crippen LogP contribution in [0.4, 0.5) is 11.6 Å². The first-order valence-corrected chi connectivity index (χ1v) is 6.91. The van der Waals surface area contributed by atoms with E-state index < -0.39 is 0 Å². The molecule has 108 valence electrons. The summed E-state index contributed by atoms with van der Waals surface area (Å²) in [7, 11) is 0. The van der Waals surface area contributed by atoms with Gasteiger partial charge in [-0.2, -0.15) is 0 Å². The molecule has 5 nitrogen and oxygen atoms in total. The summed E-state index contributed by atoms with van der Waals surface area (Å²) in [4.78, 5) is 9.86. The van der Waals surface area contributed by atoms with Crippen LogP contribution in [0.2, 0.25) is 0 Å². The second kappa shape index (κ2) is 5.85. The molecule has 5 heteroatoms. The lowest BCUT2D eigenvalue weighted by atomic mass is 10.2. The minimum atomic E-state index is 0.0754. The lowest BCUT2D eigenvalue weighted by Crippen LogP contribution is -2.27. The van der Waals surface area contributed by atoms with Crippen molar-refractivity contribution in [1.29, 1.82) is 0 Å². The van der Waals surface area contributed by atoms with E-state index in [1.807, 2.05) is 41.3 Å². The van der Waals surface area contributed by atoms with Crippen molar-refractivity contribution in [3.8, 4) is 0 Å². The van der Waals surface area contributed by atoms with E-state index in [4.69, 9.17) is 5.73 Å². The second-order valence-corrected chi connectivity index (χ2v) is 4.97. The molecule has 1 heterocycles. The number of nitrogens with zero attached hydrogens (tertiary/aromatic N) is 2. The Kier molecular flexibility index (Phi) is 3.75. The van der Waals surface area contributed by atoms with E-state index in [2.05, 4.69) is 22.1 Å². The maximum atomic E-state index is 9.29. The van der Waals surface area contributed by atoms with Gasteiger partial charge in [0.15, 0.2) is 0 Å². The molecular formula is C16H18N4O. The van der Waals surface area contributed by atoms with Crippen molar-refractivity contribution in [1.82, 2.24) is 9.97 Å². The molecule has 3 rings (SSSR count). The molecule has 1 aromatic heterocycles. The molecule has 0 amide bonds. The molecule has 0 bridgehead atoms. The molecule has 2 aromatic carbocycles. The monoisotopic (exact) mass is 282 g/mol. The Labute approximate surface area is 123 Å². The predicted octanol–water partition coefficient (Wildman–Crippen LogP) is 2.14. The average molecular weight is 282 g/mol. The number of aliphatic hydroxyl groups excluding tert-OH is 1. The standard InChI is InChI=1S/C16H18N4O/c17-13-6-7-14-15(10-13)19-16(18-14)20(8-9-21)11-12-4-2-1-3-5-12/h1-7,10,21H,8-9,11,17H2,(H,18,19). The van der Waals surface area contributed by atoms with Gasteiger partial charge in [0.25, 0.3) is 0 Å². The van der Waals surface area contributed by atoms with Crippen LogP contribution in [-0.2, 0) is 6.54 Å². The van der Waals surface area contributed by atoms with Crippen molar-refractivity contribution in [2.24, 2.45) is 0 Å². The van der Waals surface area contributed by atoms with Gasteiger partial charge >= 0.3 is 0 Å². The van der Waals surface area contributed by atoms with E-state index in [0.29, 0.717) is 18.8 Å². The zero-order chi connectivity index (χ0) is 14.7. The number of H-pyrrole nitrogens is 1. The molecule has 0 fully saturated rings. The molecule has 0 aliphatic heterocycles. The van der Waals surface area contributed by atoms with Crippen LogP contribution in [0.15, 0.2) is 48.5 Å². The highest BCUT2D eigenvalue weighted by Crippen LogP contribution is 2.20. The Balaban J connectivity index is 1.91. The highest BCUT2D eigenvalue weighted by atomic mass is 16.3. The maximum absolute atomic E-state index is 9.29. The third kappa shape index (κ3) is 2.98. The molecule has 0 aliphatic rings. The van der Waals surface area contributed by atoms with Gasteiger partial charge in [-0.3, -0.25) is 0 Å². The van der Waals surface area contributed by atoms with Gasteiger partial charge in [0.05, 0.1) is 17.6 Å². The molecule has 0 aliphatic carbocycles. The summed E-state index contributed by atoms with van der Waals surface area (Å²) in [6.45, 7) is 1.28.